The first-order valence-corrected chi connectivity index (χ1v) is 11.3. The molecule has 1 aliphatic carbocycles. The van der Waals surface area contributed by atoms with E-state index in [4.69, 9.17) is 11.6 Å². The Balaban J connectivity index is 1.60. The molecule has 0 bridgehead atoms. The molecule has 0 unspecified atom stereocenters. The van der Waals surface area contributed by atoms with Crippen LogP contribution < -0.4 is 10.6 Å². The van der Waals surface area contributed by atoms with Crippen LogP contribution in [0.15, 0.2) is 66.0 Å². The predicted octanol–water partition coefficient (Wildman–Crippen LogP) is 5.76. The van der Waals surface area contributed by atoms with Crippen LogP contribution in [0.3, 0.4) is 0 Å². The van der Waals surface area contributed by atoms with E-state index in [0.29, 0.717) is 28.5 Å². The average molecular weight is 461 g/mol. The molecule has 0 saturated heterocycles. The van der Waals surface area contributed by atoms with Gasteiger partial charge in [0.1, 0.15) is 17.4 Å². The minimum atomic E-state index is -0.377. The van der Waals surface area contributed by atoms with Crippen molar-refractivity contribution in [2.45, 2.75) is 39.7 Å². The van der Waals surface area contributed by atoms with Crippen molar-refractivity contribution < 1.29 is 9.59 Å². The lowest BCUT2D eigenvalue weighted by Gasteiger charge is -2.39. The maximum Gasteiger partial charge on any atom is 0.261 e. The molecule has 2 heterocycles. The Morgan fingerprint density at radius 2 is 1.88 bits per heavy atom. The molecule has 33 heavy (non-hydrogen) atoms. The molecule has 3 aromatic rings. The highest BCUT2D eigenvalue weighted by Gasteiger charge is 2.42. The van der Waals surface area contributed by atoms with Crippen molar-refractivity contribution in [3.05, 3.63) is 87.7 Å². The van der Waals surface area contributed by atoms with Gasteiger partial charge in [0.15, 0.2) is 5.78 Å². The Labute approximate surface area is 197 Å². The van der Waals surface area contributed by atoms with Crippen LogP contribution in [0.5, 0.6) is 0 Å². The highest BCUT2D eigenvalue weighted by Crippen LogP contribution is 2.46. The van der Waals surface area contributed by atoms with E-state index in [0.717, 1.165) is 28.8 Å². The number of halogens is 1. The van der Waals surface area contributed by atoms with Gasteiger partial charge >= 0.3 is 0 Å². The number of fused-ring (bicyclic) bond motifs is 1. The number of nitrogens with one attached hydrogen (secondary N) is 2. The Hall–Kier alpha value is -3.38. The van der Waals surface area contributed by atoms with Gasteiger partial charge < -0.3 is 10.6 Å². The summed E-state index contributed by atoms with van der Waals surface area (Å²) >= 11 is 5.96. The standard InChI is InChI=1S/C26H25ClN4O2/c1-15-6-4-5-7-18(15)23-22-20(12-26(2,3)13-21(22)32)30-24-19(14-28-31(23)24)25(33)29-17-10-8-16(27)9-11-17/h4-11,14,23,30H,12-13H2,1-3H3,(H,29,33)/t23-/m0/s1. The maximum atomic E-state index is 13.3. The van der Waals surface area contributed by atoms with Crippen molar-refractivity contribution in [2.24, 2.45) is 5.41 Å². The van der Waals surface area contributed by atoms with Gasteiger partial charge in [-0.1, -0.05) is 49.7 Å². The number of aryl methyl sites for hydroxylation is 1. The van der Waals surface area contributed by atoms with Gasteiger partial charge in [0.05, 0.1) is 6.20 Å². The zero-order valence-electron chi connectivity index (χ0n) is 18.8. The first kappa shape index (κ1) is 21.5. The van der Waals surface area contributed by atoms with E-state index >= 15 is 0 Å². The first-order chi connectivity index (χ1) is 15.7. The van der Waals surface area contributed by atoms with Gasteiger partial charge in [0, 0.05) is 28.4 Å². The fourth-order valence-electron chi connectivity index (χ4n) is 4.79. The van der Waals surface area contributed by atoms with Gasteiger partial charge in [-0.2, -0.15) is 5.10 Å². The largest absolute Gasteiger partial charge is 0.343 e. The molecule has 7 heteroatoms. The third-order valence-electron chi connectivity index (χ3n) is 6.33. The Morgan fingerprint density at radius 3 is 2.61 bits per heavy atom. The van der Waals surface area contributed by atoms with Gasteiger partial charge in [-0.05, 0) is 54.2 Å². The fourth-order valence-corrected chi connectivity index (χ4v) is 4.92. The number of hydrogen-bond acceptors (Lipinski definition) is 4. The Bertz CT molecular complexity index is 1300. The van der Waals surface area contributed by atoms with Gasteiger partial charge in [-0.25, -0.2) is 4.68 Å². The van der Waals surface area contributed by atoms with Crippen LogP contribution in [0, 0.1) is 12.3 Å². The van der Waals surface area contributed by atoms with E-state index in [2.05, 4.69) is 29.6 Å². The molecule has 0 fully saturated rings. The maximum absolute atomic E-state index is 13.3. The summed E-state index contributed by atoms with van der Waals surface area (Å²) in [6.45, 7) is 6.23. The third kappa shape index (κ3) is 3.85. The number of aromatic nitrogens is 2. The highest BCUT2D eigenvalue weighted by molar-refractivity contribution is 6.30. The van der Waals surface area contributed by atoms with Crippen LogP contribution in [-0.4, -0.2) is 21.5 Å². The molecule has 1 aromatic heterocycles. The summed E-state index contributed by atoms with van der Waals surface area (Å²) in [5.74, 6) is 0.439. The molecule has 168 valence electrons. The monoisotopic (exact) mass is 460 g/mol. The number of amides is 1. The van der Waals surface area contributed by atoms with Crippen molar-refractivity contribution in [3.63, 3.8) is 0 Å². The van der Waals surface area contributed by atoms with Crippen molar-refractivity contribution >= 4 is 34.8 Å². The SMILES string of the molecule is Cc1ccccc1[C@H]1C2=C(CC(C)(C)CC2=O)Nc2c(C(=O)Nc3ccc(Cl)cc3)cnn21. The number of ketones is 1. The van der Waals surface area contributed by atoms with Gasteiger partial charge in [-0.3, -0.25) is 9.59 Å². The molecule has 1 aliphatic heterocycles. The molecule has 2 N–H and O–H groups in total. The van der Waals surface area contributed by atoms with Crippen LogP contribution in [0.4, 0.5) is 11.5 Å². The topological polar surface area (TPSA) is 76.0 Å². The molecule has 1 atom stereocenters. The molecule has 1 amide bonds. The summed E-state index contributed by atoms with van der Waals surface area (Å²) in [5, 5.41) is 11.5. The molecule has 6 nitrogen and oxygen atoms in total. The predicted molar refractivity (Wildman–Crippen MR) is 130 cm³/mol. The Kier molecular flexibility index (Phi) is 5.13. The molecule has 0 radical (unpaired) electrons. The third-order valence-corrected chi connectivity index (χ3v) is 6.58. The van der Waals surface area contributed by atoms with Gasteiger partial charge in [0.25, 0.3) is 5.91 Å². The van der Waals surface area contributed by atoms with Gasteiger partial charge in [-0.15, -0.1) is 0 Å². The number of allylic oxidation sites excluding steroid dienone is 2. The molecular formula is C26H25ClN4O2. The fraction of sp³-hybridized carbons (Fsp3) is 0.269. The lowest BCUT2D eigenvalue weighted by molar-refractivity contribution is -0.118. The number of carbonyl (C=O) groups excluding carboxylic acids is 2. The van der Waals surface area contributed by atoms with Crippen LogP contribution in [0.1, 0.15) is 54.2 Å². The average Bonchev–Trinajstić information content (AvgIpc) is 3.17. The summed E-state index contributed by atoms with van der Waals surface area (Å²) in [6, 6.07) is 14.6. The molecule has 2 aliphatic rings. The molecule has 2 aromatic carbocycles. The number of hydrogen-bond donors (Lipinski definition) is 2. The quantitative estimate of drug-likeness (QED) is 0.521. The van der Waals surface area contributed by atoms with E-state index < -0.39 is 0 Å². The molecule has 0 spiro atoms. The van der Waals surface area contributed by atoms with E-state index in [1.807, 2.05) is 31.2 Å². The van der Waals surface area contributed by atoms with E-state index in [1.54, 1.807) is 35.1 Å². The van der Waals surface area contributed by atoms with E-state index in [9.17, 15) is 9.59 Å². The second-order valence-electron chi connectivity index (χ2n) is 9.53. The smallest absolute Gasteiger partial charge is 0.261 e. The van der Waals surface area contributed by atoms with Crippen LogP contribution >= 0.6 is 11.6 Å². The number of nitrogens with zero attached hydrogens (tertiary/aromatic N) is 2. The summed E-state index contributed by atoms with van der Waals surface area (Å²) in [5.41, 5.74) is 4.60. The number of anilines is 2. The van der Waals surface area contributed by atoms with Crippen LogP contribution in [0.25, 0.3) is 0 Å². The summed E-state index contributed by atoms with van der Waals surface area (Å²) in [4.78, 5) is 26.5. The number of carbonyl (C=O) groups is 2. The Morgan fingerprint density at radius 1 is 1.15 bits per heavy atom. The van der Waals surface area contributed by atoms with Crippen molar-refractivity contribution in [3.8, 4) is 0 Å². The molecule has 5 rings (SSSR count). The summed E-state index contributed by atoms with van der Waals surface area (Å²) < 4.78 is 1.77. The van der Waals surface area contributed by atoms with E-state index in [1.165, 1.54) is 0 Å². The molecule has 0 saturated carbocycles. The first-order valence-electron chi connectivity index (χ1n) is 11.0. The zero-order valence-corrected chi connectivity index (χ0v) is 19.5. The highest BCUT2D eigenvalue weighted by atomic mass is 35.5. The van der Waals surface area contributed by atoms with Crippen molar-refractivity contribution in [1.82, 2.24) is 9.78 Å². The van der Waals surface area contributed by atoms with Crippen LogP contribution in [0.2, 0.25) is 5.02 Å². The van der Waals surface area contributed by atoms with E-state index in [-0.39, 0.29) is 23.1 Å². The number of rotatable bonds is 3. The summed E-state index contributed by atoms with van der Waals surface area (Å²) in [7, 11) is 0. The second-order valence-corrected chi connectivity index (χ2v) is 9.97. The number of benzene rings is 2. The zero-order chi connectivity index (χ0) is 23.3. The molecular weight excluding hydrogens is 436 g/mol. The minimum absolute atomic E-state index is 0.121. The van der Waals surface area contributed by atoms with Crippen molar-refractivity contribution in [2.75, 3.05) is 10.6 Å². The number of Topliss-reactive ketones (excluding diaryl/α,β-unsaturated/α-hetero) is 1. The van der Waals surface area contributed by atoms with Crippen molar-refractivity contribution in [1.29, 1.82) is 0 Å². The lowest BCUT2D eigenvalue weighted by Crippen LogP contribution is -2.37. The van der Waals surface area contributed by atoms with Gasteiger partial charge in [0.2, 0.25) is 0 Å². The minimum Gasteiger partial charge on any atom is -0.343 e. The normalized spacial score (nSPS) is 18.9. The lowest BCUT2D eigenvalue weighted by atomic mass is 9.72. The second kappa shape index (κ2) is 7.89. The summed E-state index contributed by atoms with van der Waals surface area (Å²) in [6.07, 6.45) is 2.77. The van der Waals surface area contributed by atoms with Crippen LogP contribution in [-0.2, 0) is 4.79 Å².